The standard InChI is InChI=1S/C66H88B2O4/c1-11-13-15-17-19-21-23-25-27-29-31-51-33-37-53(38-34-51)41-45-57-59-47-43-56(68-71-65(7,8)66(9,10)72-68)50-62(59)58(60-48-44-55(49-61(57)60)67-69-63(3,4)64(5,6)70-67)46-42-54-39-35-52(36-40-54)32-30-28-26-24-22-20-18-16-14-12-2/h33-40,43-44,47-50H,11-32H2,1-10H3. The van der Waals surface area contributed by atoms with Gasteiger partial charge in [0.1, 0.15) is 0 Å². The average Bonchev–Trinajstić information content (AvgIpc) is 3.73. The molecule has 2 aliphatic rings. The molecule has 2 aliphatic heterocycles. The molecule has 0 bridgehead atoms. The van der Waals surface area contributed by atoms with E-state index in [-0.39, 0.29) is 0 Å². The smallest absolute Gasteiger partial charge is 0.399 e. The highest BCUT2D eigenvalue weighted by Gasteiger charge is 2.53. The van der Waals surface area contributed by atoms with Crippen LogP contribution in [0.2, 0.25) is 0 Å². The van der Waals surface area contributed by atoms with Crippen molar-refractivity contribution >= 4 is 46.7 Å². The van der Waals surface area contributed by atoms with E-state index in [1.165, 1.54) is 140 Å². The zero-order chi connectivity index (χ0) is 51.2. The highest BCUT2D eigenvalue weighted by molar-refractivity contribution is 6.63. The van der Waals surface area contributed by atoms with E-state index in [2.05, 4.69) is 178 Å². The molecule has 5 aromatic carbocycles. The molecule has 0 N–H and O–H groups in total. The van der Waals surface area contributed by atoms with Crippen molar-refractivity contribution in [2.75, 3.05) is 0 Å². The van der Waals surface area contributed by atoms with E-state index in [1.54, 1.807) is 0 Å². The van der Waals surface area contributed by atoms with Crippen LogP contribution in [0, 0.1) is 23.7 Å². The van der Waals surface area contributed by atoms with Crippen LogP contribution < -0.4 is 10.9 Å². The molecule has 2 saturated heterocycles. The summed E-state index contributed by atoms with van der Waals surface area (Å²) in [5, 5.41) is 4.13. The van der Waals surface area contributed by atoms with Crippen LogP contribution in [0.5, 0.6) is 0 Å². The molecule has 0 amide bonds. The van der Waals surface area contributed by atoms with Gasteiger partial charge in [0, 0.05) is 22.3 Å². The van der Waals surface area contributed by atoms with Gasteiger partial charge in [-0.3, -0.25) is 0 Å². The lowest BCUT2D eigenvalue weighted by Gasteiger charge is -2.32. The van der Waals surface area contributed by atoms with E-state index in [9.17, 15) is 0 Å². The molecular weight excluding hydrogens is 878 g/mol. The fourth-order valence-corrected chi connectivity index (χ4v) is 10.2. The minimum atomic E-state index is -0.516. The Morgan fingerprint density at radius 2 is 0.625 bits per heavy atom. The van der Waals surface area contributed by atoms with Gasteiger partial charge in [0.2, 0.25) is 0 Å². The Bertz CT molecular complexity index is 2440. The SMILES string of the molecule is CCCCCCCCCCCCc1ccc(C#Cc2c3ccc(B4OC(C)(C)C(C)(C)O4)cc3c(C#Cc3ccc(CCCCCCCCCCCC)cc3)c3ccc(B4OC(C)(C)C(C)(C)O4)cc23)cc1. The molecule has 382 valence electrons. The monoisotopic (exact) mass is 967 g/mol. The van der Waals surface area contributed by atoms with Gasteiger partial charge >= 0.3 is 14.2 Å². The second kappa shape index (κ2) is 25.8. The lowest BCUT2D eigenvalue weighted by molar-refractivity contribution is 0.00578. The third-order valence-corrected chi connectivity index (χ3v) is 16.4. The summed E-state index contributed by atoms with van der Waals surface area (Å²) in [6.07, 6.45) is 29.2. The first-order valence-corrected chi connectivity index (χ1v) is 28.6. The van der Waals surface area contributed by atoms with E-state index in [1.807, 2.05) is 0 Å². The molecule has 6 heteroatoms. The minimum Gasteiger partial charge on any atom is -0.399 e. The van der Waals surface area contributed by atoms with E-state index in [0.717, 1.165) is 67.6 Å². The normalized spacial score (nSPS) is 16.5. The maximum absolute atomic E-state index is 6.63. The molecule has 72 heavy (non-hydrogen) atoms. The Morgan fingerprint density at radius 3 is 0.931 bits per heavy atom. The zero-order valence-electron chi connectivity index (χ0n) is 46.4. The van der Waals surface area contributed by atoms with Crippen molar-refractivity contribution in [3.05, 3.63) is 118 Å². The molecule has 0 aromatic heterocycles. The fraction of sp³-hybridized carbons (Fsp3) is 0.545. The molecule has 2 fully saturated rings. The summed E-state index contributed by atoms with van der Waals surface area (Å²) in [5.74, 6) is 14.7. The van der Waals surface area contributed by atoms with Crippen LogP contribution in [0.15, 0.2) is 84.9 Å². The zero-order valence-corrected chi connectivity index (χ0v) is 46.4. The predicted molar refractivity (Wildman–Crippen MR) is 309 cm³/mol. The third-order valence-electron chi connectivity index (χ3n) is 16.4. The molecule has 2 heterocycles. The van der Waals surface area contributed by atoms with Crippen molar-refractivity contribution in [1.82, 2.24) is 0 Å². The molecule has 5 aromatic rings. The highest BCUT2D eigenvalue weighted by atomic mass is 16.7. The Hall–Kier alpha value is -4.29. The Morgan fingerprint density at radius 1 is 0.333 bits per heavy atom. The number of aryl methyl sites for hydroxylation is 2. The van der Waals surface area contributed by atoms with Crippen LogP contribution in [-0.2, 0) is 31.5 Å². The third kappa shape index (κ3) is 14.5. The van der Waals surface area contributed by atoms with Crippen molar-refractivity contribution in [3.63, 3.8) is 0 Å². The Kier molecular flexibility index (Phi) is 19.9. The molecule has 0 saturated carbocycles. The van der Waals surface area contributed by atoms with Crippen molar-refractivity contribution in [1.29, 1.82) is 0 Å². The van der Waals surface area contributed by atoms with Gasteiger partial charge in [-0.1, -0.05) is 214 Å². The number of hydrogen-bond acceptors (Lipinski definition) is 4. The summed E-state index contributed by atoms with van der Waals surface area (Å²) in [7, 11) is -1.03. The van der Waals surface area contributed by atoms with Crippen LogP contribution in [0.1, 0.15) is 231 Å². The summed E-state index contributed by atoms with van der Waals surface area (Å²) in [6.45, 7) is 21.4. The van der Waals surface area contributed by atoms with Gasteiger partial charge in [-0.2, -0.15) is 0 Å². The van der Waals surface area contributed by atoms with Gasteiger partial charge in [0.25, 0.3) is 0 Å². The molecule has 7 rings (SSSR count). The predicted octanol–water partition coefficient (Wildman–Crippen LogP) is 16.3. The first kappa shape index (κ1) is 55.5. The van der Waals surface area contributed by atoms with Crippen LogP contribution in [0.25, 0.3) is 21.5 Å². The maximum atomic E-state index is 6.63. The van der Waals surface area contributed by atoms with Crippen LogP contribution in [-0.4, -0.2) is 36.6 Å². The summed E-state index contributed by atoms with van der Waals surface area (Å²) < 4.78 is 26.5. The number of benzene rings is 5. The largest absolute Gasteiger partial charge is 0.494 e. The van der Waals surface area contributed by atoms with Crippen molar-refractivity contribution in [2.24, 2.45) is 0 Å². The van der Waals surface area contributed by atoms with E-state index in [4.69, 9.17) is 18.6 Å². The lowest BCUT2D eigenvalue weighted by atomic mass is 9.75. The van der Waals surface area contributed by atoms with E-state index < -0.39 is 36.6 Å². The summed E-state index contributed by atoms with van der Waals surface area (Å²) in [4.78, 5) is 0. The molecule has 4 nitrogen and oxygen atoms in total. The summed E-state index contributed by atoms with van der Waals surface area (Å²) in [5.41, 5.74) is 6.71. The van der Waals surface area contributed by atoms with Gasteiger partial charge in [0.15, 0.2) is 0 Å². The Labute approximate surface area is 438 Å². The second-order valence-electron chi connectivity index (χ2n) is 23.3. The Balaban J connectivity index is 1.19. The quantitative estimate of drug-likeness (QED) is 0.0267. The van der Waals surface area contributed by atoms with Crippen molar-refractivity contribution < 1.29 is 18.6 Å². The number of hydrogen-bond donors (Lipinski definition) is 0. The van der Waals surface area contributed by atoms with Crippen molar-refractivity contribution in [2.45, 2.75) is 233 Å². The van der Waals surface area contributed by atoms with Gasteiger partial charge in [-0.05, 0) is 149 Å². The topological polar surface area (TPSA) is 36.9 Å². The molecule has 0 radical (unpaired) electrons. The van der Waals surface area contributed by atoms with Crippen molar-refractivity contribution in [3.8, 4) is 23.7 Å². The minimum absolute atomic E-state index is 0.471. The lowest BCUT2D eigenvalue weighted by Crippen LogP contribution is -2.41. The van der Waals surface area contributed by atoms with Gasteiger partial charge in [-0.15, -0.1) is 0 Å². The number of fused-ring (bicyclic) bond motifs is 2. The van der Waals surface area contributed by atoms with Gasteiger partial charge in [-0.25, -0.2) is 0 Å². The fourth-order valence-electron chi connectivity index (χ4n) is 10.2. The van der Waals surface area contributed by atoms with Gasteiger partial charge in [0.05, 0.1) is 22.4 Å². The molecule has 0 aliphatic carbocycles. The first-order chi connectivity index (χ1) is 34.6. The van der Waals surface area contributed by atoms with Crippen LogP contribution in [0.4, 0.5) is 0 Å². The maximum Gasteiger partial charge on any atom is 0.494 e. The van der Waals surface area contributed by atoms with Crippen LogP contribution >= 0.6 is 0 Å². The van der Waals surface area contributed by atoms with E-state index >= 15 is 0 Å². The summed E-state index contributed by atoms with van der Waals surface area (Å²) >= 11 is 0. The van der Waals surface area contributed by atoms with Gasteiger partial charge < -0.3 is 18.6 Å². The molecule has 0 spiro atoms. The van der Waals surface area contributed by atoms with E-state index in [0.29, 0.717) is 0 Å². The van der Waals surface area contributed by atoms with Crippen LogP contribution in [0.3, 0.4) is 0 Å². The average molecular weight is 967 g/mol. The number of unbranched alkanes of at least 4 members (excludes halogenated alkanes) is 18. The number of rotatable bonds is 24. The summed E-state index contributed by atoms with van der Waals surface area (Å²) in [6, 6.07) is 31.0. The highest BCUT2D eigenvalue weighted by Crippen LogP contribution is 2.39. The molecular formula is C66H88B2O4. The second-order valence-corrected chi connectivity index (χ2v) is 23.3. The molecule has 0 atom stereocenters. The molecule has 0 unspecified atom stereocenters. The first-order valence-electron chi connectivity index (χ1n) is 28.6.